The Labute approximate surface area is 88.6 Å². The molecule has 1 nitrogen and oxygen atoms in total. The van der Waals surface area contributed by atoms with Crippen LogP contribution >= 0.6 is 0 Å². The van der Waals surface area contributed by atoms with Crippen molar-refractivity contribution in [3.05, 3.63) is 12.7 Å². The first-order chi connectivity index (χ1) is 6.59. The lowest BCUT2D eigenvalue weighted by molar-refractivity contribution is -0.123. The predicted molar refractivity (Wildman–Crippen MR) is 62.3 cm³/mol. The van der Waals surface area contributed by atoms with Gasteiger partial charge in [-0.15, -0.1) is 6.58 Å². The molecule has 0 heterocycles. The average molecular weight is 196 g/mol. The molecule has 0 amide bonds. The molecule has 0 N–H and O–H groups in total. The summed E-state index contributed by atoms with van der Waals surface area (Å²) in [6.45, 7) is 9.94. The second-order valence-electron chi connectivity index (χ2n) is 4.39. The molecular weight excluding hydrogens is 172 g/mol. The van der Waals surface area contributed by atoms with Crippen LogP contribution in [-0.2, 0) is 4.79 Å². The SMILES string of the molecule is C=CCCCCCC(=O)C(C)C(C)C. The molecule has 0 saturated heterocycles. The number of allylic oxidation sites excluding steroid dienone is 1. The Bertz CT molecular complexity index is 170. The second-order valence-corrected chi connectivity index (χ2v) is 4.39. The van der Waals surface area contributed by atoms with Crippen LogP contribution in [0.2, 0.25) is 0 Å². The zero-order valence-corrected chi connectivity index (χ0v) is 9.88. The van der Waals surface area contributed by atoms with Gasteiger partial charge in [0.25, 0.3) is 0 Å². The molecule has 0 saturated carbocycles. The quantitative estimate of drug-likeness (QED) is 0.424. The lowest BCUT2D eigenvalue weighted by atomic mass is 9.91. The number of unbranched alkanes of at least 4 members (excludes halogenated alkanes) is 3. The maximum Gasteiger partial charge on any atom is 0.135 e. The highest BCUT2D eigenvalue weighted by atomic mass is 16.1. The van der Waals surface area contributed by atoms with E-state index in [9.17, 15) is 4.79 Å². The van der Waals surface area contributed by atoms with Gasteiger partial charge in [-0.05, 0) is 25.2 Å². The Kier molecular flexibility index (Phi) is 7.45. The van der Waals surface area contributed by atoms with Crippen molar-refractivity contribution in [2.24, 2.45) is 11.8 Å². The van der Waals surface area contributed by atoms with E-state index in [1.165, 1.54) is 6.42 Å². The van der Waals surface area contributed by atoms with Crippen molar-refractivity contribution in [3.8, 4) is 0 Å². The third-order valence-electron chi connectivity index (χ3n) is 2.84. The van der Waals surface area contributed by atoms with Crippen LogP contribution in [0.15, 0.2) is 12.7 Å². The highest BCUT2D eigenvalue weighted by Gasteiger charge is 2.15. The van der Waals surface area contributed by atoms with Gasteiger partial charge < -0.3 is 0 Å². The molecule has 0 aromatic rings. The van der Waals surface area contributed by atoms with E-state index in [0.29, 0.717) is 11.7 Å². The molecule has 0 fully saturated rings. The van der Waals surface area contributed by atoms with Gasteiger partial charge in [-0.3, -0.25) is 4.79 Å². The van der Waals surface area contributed by atoms with Crippen molar-refractivity contribution in [1.29, 1.82) is 0 Å². The van der Waals surface area contributed by atoms with Crippen molar-refractivity contribution in [3.63, 3.8) is 0 Å². The molecule has 0 aliphatic carbocycles. The van der Waals surface area contributed by atoms with Crippen LogP contribution in [0.3, 0.4) is 0 Å². The van der Waals surface area contributed by atoms with Crippen LogP contribution in [0, 0.1) is 11.8 Å². The summed E-state index contributed by atoms with van der Waals surface area (Å²) in [6, 6.07) is 0. The average Bonchev–Trinajstić information content (AvgIpc) is 2.16. The number of carbonyl (C=O) groups is 1. The Morgan fingerprint density at radius 3 is 2.36 bits per heavy atom. The minimum absolute atomic E-state index is 0.231. The minimum atomic E-state index is 0.231. The second kappa shape index (κ2) is 7.78. The van der Waals surface area contributed by atoms with E-state index in [-0.39, 0.29) is 5.92 Å². The van der Waals surface area contributed by atoms with E-state index < -0.39 is 0 Å². The molecule has 0 aliphatic rings. The fraction of sp³-hybridized carbons (Fsp3) is 0.769. The number of hydrogen-bond acceptors (Lipinski definition) is 1. The smallest absolute Gasteiger partial charge is 0.135 e. The summed E-state index contributed by atoms with van der Waals surface area (Å²) < 4.78 is 0. The van der Waals surface area contributed by atoms with Gasteiger partial charge in [-0.25, -0.2) is 0 Å². The van der Waals surface area contributed by atoms with Gasteiger partial charge in [0, 0.05) is 12.3 Å². The van der Waals surface area contributed by atoms with Crippen LogP contribution in [0.4, 0.5) is 0 Å². The molecule has 82 valence electrons. The Balaban J connectivity index is 3.49. The molecule has 1 atom stereocenters. The number of Topliss-reactive ketones (excluding diaryl/α,β-unsaturated/α-hetero) is 1. The third-order valence-corrected chi connectivity index (χ3v) is 2.84. The zero-order chi connectivity index (χ0) is 11.0. The number of ketones is 1. The molecule has 0 rings (SSSR count). The van der Waals surface area contributed by atoms with E-state index >= 15 is 0 Å². The standard InChI is InChI=1S/C13H24O/c1-5-6-7-8-9-10-13(14)12(4)11(2)3/h5,11-12H,1,6-10H2,2-4H3. The first-order valence-corrected chi connectivity index (χ1v) is 5.73. The van der Waals surface area contributed by atoms with Crippen LogP contribution in [0.1, 0.15) is 52.9 Å². The topological polar surface area (TPSA) is 17.1 Å². The van der Waals surface area contributed by atoms with Gasteiger partial charge in [0.05, 0.1) is 0 Å². The van der Waals surface area contributed by atoms with Gasteiger partial charge in [-0.2, -0.15) is 0 Å². The van der Waals surface area contributed by atoms with E-state index in [2.05, 4.69) is 20.4 Å². The van der Waals surface area contributed by atoms with Crippen molar-refractivity contribution >= 4 is 5.78 Å². The van der Waals surface area contributed by atoms with Gasteiger partial charge in [0.15, 0.2) is 0 Å². The first kappa shape index (κ1) is 13.4. The summed E-state index contributed by atoms with van der Waals surface area (Å²) >= 11 is 0. The fourth-order valence-electron chi connectivity index (χ4n) is 1.36. The molecule has 0 aromatic carbocycles. The molecule has 1 unspecified atom stereocenters. The van der Waals surface area contributed by atoms with Crippen molar-refractivity contribution in [1.82, 2.24) is 0 Å². The minimum Gasteiger partial charge on any atom is -0.299 e. The maximum absolute atomic E-state index is 11.6. The third kappa shape index (κ3) is 5.95. The monoisotopic (exact) mass is 196 g/mol. The molecule has 0 aliphatic heterocycles. The summed E-state index contributed by atoms with van der Waals surface area (Å²) in [4.78, 5) is 11.6. The van der Waals surface area contributed by atoms with Gasteiger partial charge in [0.2, 0.25) is 0 Å². The van der Waals surface area contributed by atoms with Crippen LogP contribution in [-0.4, -0.2) is 5.78 Å². The molecule has 1 heteroatoms. The van der Waals surface area contributed by atoms with Crippen molar-refractivity contribution < 1.29 is 4.79 Å². The lowest BCUT2D eigenvalue weighted by Gasteiger charge is -2.13. The number of hydrogen-bond donors (Lipinski definition) is 0. The summed E-state index contributed by atoms with van der Waals surface area (Å²) in [6.07, 6.45) is 7.15. The van der Waals surface area contributed by atoms with Crippen molar-refractivity contribution in [2.75, 3.05) is 0 Å². The van der Waals surface area contributed by atoms with E-state index in [4.69, 9.17) is 0 Å². The van der Waals surface area contributed by atoms with Crippen LogP contribution in [0.25, 0.3) is 0 Å². The zero-order valence-electron chi connectivity index (χ0n) is 9.88. The molecule has 0 radical (unpaired) electrons. The molecular formula is C13H24O. The summed E-state index contributed by atoms with van der Waals surface area (Å²) in [7, 11) is 0. The van der Waals surface area contributed by atoms with Crippen molar-refractivity contribution in [2.45, 2.75) is 52.9 Å². The Morgan fingerprint density at radius 2 is 1.86 bits per heavy atom. The molecule has 0 spiro atoms. The van der Waals surface area contributed by atoms with Gasteiger partial charge >= 0.3 is 0 Å². The van der Waals surface area contributed by atoms with Crippen LogP contribution in [0.5, 0.6) is 0 Å². The highest BCUT2D eigenvalue weighted by Crippen LogP contribution is 2.15. The number of rotatable bonds is 8. The number of carbonyl (C=O) groups excluding carboxylic acids is 1. The molecule has 0 bridgehead atoms. The van der Waals surface area contributed by atoms with E-state index in [1.807, 2.05) is 13.0 Å². The summed E-state index contributed by atoms with van der Waals surface area (Å²) in [5.74, 6) is 1.14. The molecule has 0 aromatic heterocycles. The van der Waals surface area contributed by atoms with Gasteiger partial charge in [0.1, 0.15) is 5.78 Å². The Hall–Kier alpha value is -0.590. The van der Waals surface area contributed by atoms with E-state index in [1.54, 1.807) is 0 Å². The first-order valence-electron chi connectivity index (χ1n) is 5.73. The lowest BCUT2D eigenvalue weighted by Crippen LogP contribution is -2.16. The summed E-state index contributed by atoms with van der Waals surface area (Å²) in [5.41, 5.74) is 0. The predicted octanol–water partition coefficient (Wildman–Crippen LogP) is 3.98. The Morgan fingerprint density at radius 1 is 1.21 bits per heavy atom. The summed E-state index contributed by atoms with van der Waals surface area (Å²) in [5, 5.41) is 0. The normalized spacial score (nSPS) is 12.9. The molecule has 14 heavy (non-hydrogen) atoms. The largest absolute Gasteiger partial charge is 0.299 e. The van der Waals surface area contributed by atoms with Gasteiger partial charge in [-0.1, -0.05) is 33.3 Å². The fourth-order valence-corrected chi connectivity index (χ4v) is 1.36. The van der Waals surface area contributed by atoms with Crippen LogP contribution < -0.4 is 0 Å². The maximum atomic E-state index is 11.6. The highest BCUT2D eigenvalue weighted by molar-refractivity contribution is 5.80. The van der Waals surface area contributed by atoms with E-state index in [0.717, 1.165) is 25.7 Å².